The van der Waals surface area contributed by atoms with Crippen LogP contribution in [0.15, 0.2) is 78.0 Å². The molecule has 102 valence electrons. The van der Waals surface area contributed by atoms with Crippen LogP contribution in [0.2, 0.25) is 0 Å². The Hall–Kier alpha value is -2.94. The van der Waals surface area contributed by atoms with Crippen molar-refractivity contribution in [3.63, 3.8) is 0 Å². The molecule has 21 heavy (non-hydrogen) atoms. The fourth-order valence-electron chi connectivity index (χ4n) is 2.12. The van der Waals surface area contributed by atoms with Crippen molar-refractivity contribution < 1.29 is 9.63 Å². The Balaban J connectivity index is 1.78. The average Bonchev–Trinajstić information content (AvgIpc) is 2.56. The van der Waals surface area contributed by atoms with Crippen LogP contribution in [0.5, 0.6) is 0 Å². The van der Waals surface area contributed by atoms with Crippen LogP contribution in [-0.2, 0) is 4.84 Å². The van der Waals surface area contributed by atoms with Crippen LogP contribution in [0.25, 0.3) is 10.8 Å². The van der Waals surface area contributed by atoms with Gasteiger partial charge in [0.15, 0.2) is 0 Å². The highest BCUT2D eigenvalue weighted by Gasteiger charge is 2.05. The topological polar surface area (TPSA) is 38.7 Å². The molecule has 0 unspecified atom stereocenters. The summed E-state index contributed by atoms with van der Waals surface area (Å²) in [5, 5.41) is 5.98. The van der Waals surface area contributed by atoms with Crippen molar-refractivity contribution in [2.45, 2.75) is 0 Å². The molecule has 0 heterocycles. The first-order chi connectivity index (χ1) is 10.3. The number of nitrogens with zero attached hydrogens (tertiary/aromatic N) is 1. The minimum Gasteiger partial charge on any atom is -0.313 e. The highest BCUT2D eigenvalue weighted by atomic mass is 16.7. The Kier molecular flexibility index (Phi) is 3.74. The van der Waals surface area contributed by atoms with Crippen molar-refractivity contribution in [3.05, 3.63) is 83.9 Å². The van der Waals surface area contributed by atoms with Crippen molar-refractivity contribution in [2.24, 2.45) is 5.16 Å². The summed E-state index contributed by atoms with van der Waals surface area (Å²) in [4.78, 5) is 16.7. The Morgan fingerprint density at radius 3 is 2.43 bits per heavy atom. The minimum absolute atomic E-state index is 0.466. The molecule has 0 radical (unpaired) electrons. The van der Waals surface area contributed by atoms with Gasteiger partial charge in [-0.15, -0.1) is 0 Å². The van der Waals surface area contributed by atoms with Gasteiger partial charge in [-0.1, -0.05) is 65.8 Å². The normalized spacial score (nSPS) is 10.9. The van der Waals surface area contributed by atoms with Crippen LogP contribution < -0.4 is 0 Å². The number of carbonyl (C=O) groups is 1. The summed E-state index contributed by atoms with van der Waals surface area (Å²) in [5.41, 5.74) is 1.39. The van der Waals surface area contributed by atoms with Crippen molar-refractivity contribution in [2.75, 3.05) is 0 Å². The first-order valence-electron chi connectivity index (χ1n) is 6.62. The number of rotatable bonds is 3. The largest absolute Gasteiger partial charge is 0.365 e. The zero-order valence-corrected chi connectivity index (χ0v) is 11.3. The smallest absolute Gasteiger partial charge is 0.313 e. The third kappa shape index (κ3) is 2.98. The van der Waals surface area contributed by atoms with Gasteiger partial charge < -0.3 is 4.84 Å². The first kappa shape index (κ1) is 13.1. The zero-order chi connectivity index (χ0) is 14.5. The molecule has 0 amide bonds. The van der Waals surface area contributed by atoms with Crippen LogP contribution in [0.4, 0.5) is 0 Å². The minimum atomic E-state index is -0.466. The number of hydrogen-bond acceptors (Lipinski definition) is 3. The van der Waals surface area contributed by atoms with Crippen LogP contribution in [0.3, 0.4) is 0 Å². The summed E-state index contributed by atoms with van der Waals surface area (Å²) in [6.45, 7) is 0. The maximum absolute atomic E-state index is 11.8. The van der Waals surface area contributed by atoms with Gasteiger partial charge in [0.2, 0.25) is 0 Å². The monoisotopic (exact) mass is 275 g/mol. The fraction of sp³-hybridized carbons (Fsp3) is 0. The molecular formula is C18H13NO2. The number of benzene rings is 3. The molecule has 3 aromatic carbocycles. The average molecular weight is 275 g/mol. The molecule has 0 aliphatic carbocycles. The Morgan fingerprint density at radius 2 is 1.57 bits per heavy atom. The second-order valence-electron chi connectivity index (χ2n) is 4.55. The van der Waals surface area contributed by atoms with Gasteiger partial charge in [0.05, 0.1) is 11.8 Å². The van der Waals surface area contributed by atoms with Crippen LogP contribution in [-0.4, -0.2) is 12.2 Å². The number of fused-ring (bicyclic) bond motifs is 1. The lowest BCUT2D eigenvalue weighted by molar-refractivity contribution is 0.0519. The van der Waals surface area contributed by atoms with Crippen molar-refractivity contribution in [1.82, 2.24) is 0 Å². The van der Waals surface area contributed by atoms with E-state index in [-0.39, 0.29) is 0 Å². The predicted molar refractivity (Wildman–Crippen MR) is 83.4 cm³/mol. The highest BCUT2D eigenvalue weighted by Crippen LogP contribution is 2.16. The first-order valence-corrected chi connectivity index (χ1v) is 6.62. The van der Waals surface area contributed by atoms with Gasteiger partial charge in [-0.05, 0) is 22.9 Å². The van der Waals surface area contributed by atoms with Crippen molar-refractivity contribution in [3.8, 4) is 0 Å². The molecule has 0 saturated heterocycles. The van der Waals surface area contributed by atoms with E-state index in [0.29, 0.717) is 5.56 Å². The van der Waals surface area contributed by atoms with E-state index >= 15 is 0 Å². The third-order valence-corrected chi connectivity index (χ3v) is 3.16. The molecule has 3 heteroatoms. The van der Waals surface area contributed by atoms with E-state index in [2.05, 4.69) is 5.16 Å². The van der Waals surface area contributed by atoms with Crippen LogP contribution in [0, 0.1) is 0 Å². The van der Waals surface area contributed by atoms with Crippen LogP contribution >= 0.6 is 0 Å². The van der Waals surface area contributed by atoms with Gasteiger partial charge in [-0.25, -0.2) is 4.79 Å². The lowest BCUT2D eigenvalue weighted by atomic mass is 10.1. The summed E-state index contributed by atoms with van der Waals surface area (Å²) in [6, 6.07) is 22.7. The van der Waals surface area contributed by atoms with Crippen molar-refractivity contribution >= 4 is 23.0 Å². The maximum atomic E-state index is 11.8. The van der Waals surface area contributed by atoms with Crippen molar-refractivity contribution in [1.29, 1.82) is 0 Å². The van der Waals surface area contributed by atoms with Gasteiger partial charge in [-0.2, -0.15) is 0 Å². The predicted octanol–water partition coefficient (Wildman–Crippen LogP) is 4.03. The summed E-state index contributed by atoms with van der Waals surface area (Å²) in [5.74, 6) is -0.466. The number of oxime groups is 1. The molecule has 0 saturated carbocycles. The Morgan fingerprint density at radius 1 is 0.857 bits per heavy atom. The molecule has 0 bridgehead atoms. The number of hydrogen-bond donors (Lipinski definition) is 0. The molecule has 0 N–H and O–H groups in total. The zero-order valence-electron chi connectivity index (χ0n) is 11.3. The molecular weight excluding hydrogens is 262 g/mol. The van der Waals surface area contributed by atoms with Gasteiger partial charge in [-0.3, -0.25) is 0 Å². The molecule has 3 aromatic rings. The quantitative estimate of drug-likeness (QED) is 0.411. The van der Waals surface area contributed by atoms with E-state index in [4.69, 9.17) is 4.84 Å². The second kappa shape index (κ2) is 6.01. The standard InChI is InChI=1S/C18H13NO2/c20-18(15-8-2-1-3-9-15)21-19-13-16-11-6-10-14-7-4-5-12-17(14)16/h1-13H/b19-13-. The van der Waals surface area contributed by atoms with Crippen LogP contribution in [0.1, 0.15) is 15.9 Å². The van der Waals surface area contributed by atoms with E-state index in [1.54, 1.807) is 30.5 Å². The van der Waals surface area contributed by atoms with E-state index in [0.717, 1.165) is 16.3 Å². The van der Waals surface area contributed by atoms with E-state index < -0.39 is 5.97 Å². The second-order valence-corrected chi connectivity index (χ2v) is 4.55. The molecule has 0 aromatic heterocycles. The van der Waals surface area contributed by atoms with E-state index in [9.17, 15) is 4.79 Å². The summed E-state index contributed by atoms with van der Waals surface area (Å²) >= 11 is 0. The lowest BCUT2D eigenvalue weighted by Crippen LogP contribution is -2.00. The third-order valence-electron chi connectivity index (χ3n) is 3.16. The Labute approximate surface area is 122 Å². The summed E-state index contributed by atoms with van der Waals surface area (Å²) in [6.07, 6.45) is 1.56. The van der Waals surface area contributed by atoms with Gasteiger partial charge in [0.1, 0.15) is 0 Å². The number of carbonyl (C=O) groups excluding carboxylic acids is 1. The Bertz CT molecular complexity index is 789. The summed E-state index contributed by atoms with van der Waals surface area (Å²) < 4.78 is 0. The highest BCUT2D eigenvalue weighted by molar-refractivity contribution is 5.99. The molecule has 3 nitrogen and oxygen atoms in total. The molecule has 0 atom stereocenters. The van der Waals surface area contributed by atoms with Gasteiger partial charge in [0, 0.05) is 5.56 Å². The molecule has 3 rings (SSSR count). The fourth-order valence-corrected chi connectivity index (χ4v) is 2.12. The molecule has 0 aliphatic rings. The summed E-state index contributed by atoms with van der Waals surface area (Å²) in [7, 11) is 0. The van der Waals surface area contributed by atoms with Gasteiger partial charge in [0.25, 0.3) is 0 Å². The van der Waals surface area contributed by atoms with E-state index in [1.165, 1.54) is 0 Å². The van der Waals surface area contributed by atoms with Gasteiger partial charge >= 0.3 is 5.97 Å². The molecule has 0 fully saturated rings. The molecule has 0 spiro atoms. The maximum Gasteiger partial charge on any atom is 0.365 e. The lowest BCUT2D eigenvalue weighted by Gasteiger charge is -2.01. The molecule has 0 aliphatic heterocycles. The van der Waals surface area contributed by atoms with E-state index in [1.807, 2.05) is 48.5 Å². The SMILES string of the molecule is O=C(O/N=C\c1cccc2ccccc12)c1ccccc1.